The number of likely N-dealkylation sites (tertiary alicyclic amines) is 1. The highest BCUT2D eigenvalue weighted by atomic mass is 79.9. The molecule has 1 saturated heterocycles. The first-order valence-electron chi connectivity index (χ1n) is 6.90. The number of hydrogen-bond donors (Lipinski definition) is 1. The Balaban J connectivity index is 1.77. The first kappa shape index (κ1) is 15.0. The summed E-state index contributed by atoms with van der Waals surface area (Å²) in [5.41, 5.74) is 6.87. The van der Waals surface area contributed by atoms with E-state index in [1.165, 1.54) is 12.8 Å². The van der Waals surface area contributed by atoms with E-state index < -0.39 is 0 Å². The molecule has 1 aromatic heterocycles. The molecule has 0 bridgehead atoms. The van der Waals surface area contributed by atoms with E-state index in [-0.39, 0.29) is 6.04 Å². The van der Waals surface area contributed by atoms with Crippen molar-refractivity contribution >= 4 is 27.5 Å². The maximum absolute atomic E-state index is 6.17. The van der Waals surface area contributed by atoms with Crippen LogP contribution in [-0.4, -0.2) is 34.7 Å². The van der Waals surface area contributed by atoms with Gasteiger partial charge in [-0.25, -0.2) is 0 Å². The van der Waals surface area contributed by atoms with Gasteiger partial charge in [0.1, 0.15) is 0 Å². The van der Waals surface area contributed by atoms with Crippen LogP contribution in [0.5, 0.6) is 0 Å². The van der Waals surface area contributed by atoms with Crippen molar-refractivity contribution in [1.29, 1.82) is 0 Å². The Bertz CT molecular complexity index is 627. The van der Waals surface area contributed by atoms with E-state index in [0.29, 0.717) is 22.3 Å². The zero-order valence-electron chi connectivity index (χ0n) is 11.4. The normalized spacial score (nSPS) is 17.3. The Morgan fingerprint density at radius 1 is 1.38 bits per heavy atom. The van der Waals surface area contributed by atoms with Crippen LogP contribution in [0.25, 0.3) is 11.5 Å². The molecule has 2 aromatic rings. The minimum atomic E-state index is -0.244. The molecule has 0 saturated carbocycles. The lowest BCUT2D eigenvalue weighted by molar-refractivity contribution is 0.306. The van der Waals surface area contributed by atoms with Crippen LogP contribution in [0.3, 0.4) is 0 Å². The number of aromatic nitrogens is 2. The van der Waals surface area contributed by atoms with Gasteiger partial charge >= 0.3 is 0 Å². The molecule has 21 heavy (non-hydrogen) atoms. The number of nitrogens with two attached hydrogens (primary N) is 1. The molecule has 1 fully saturated rings. The molecule has 2 heterocycles. The molecular weight excluding hydrogens is 356 g/mol. The SMILES string of the molecule is NC(CN1CCCC1)c1noc(-c2cc(Br)ccc2Cl)n1. The van der Waals surface area contributed by atoms with E-state index in [0.717, 1.165) is 24.1 Å². The monoisotopic (exact) mass is 370 g/mol. The number of hydrogen-bond acceptors (Lipinski definition) is 5. The summed E-state index contributed by atoms with van der Waals surface area (Å²) in [7, 11) is 0. The second-order valence-electron chi connectivity index (χ2n) is 5.20. The van der Waals surface area contributed by atoms with Crippen molar-refractivity contribution < 1.29 is 4.52 Å². The van der Waals surface area contributed by atoms with Crippen molar-refractivity contribution in [2.75, 3.05) is 19.6 Å². The molecule has 1 aliphatic heterocycles. The van der Waals surface area contributed by atoms with E-state index in [1.807, 2.05) is 12.1 Å². The van der Waals surface area contributed by atoms with Crippen LogP contribution in [0.4, 0.5) is 0 Å². The van der Waals surface area contributed by atoms with Crippen LogP contribution in [0.1, 0.15) is 24.7 Å². The van der Waals surface area contributed by atoms with E-state index in [1.54, 1.807) is 6.07 Å². The number of nitrogens with zero attached hydrogens (tertiary/aromatic N) is 3. The summed E-state index contributed by atoms with van der Waals surface area (Å²) < 4.78 is 6.21. The fraction of sp³-hybridized carbons (Fsp3) is 0.429. The van der Waals surface area contributed by atoms with Crippen molar-refractivity contribution in [3.05, 3.63) is 33.5 Å². The van der Waals surface area contributed by atoms with Crippen molar-refractivity contribution in [2.45, 2.75) is 18.9 Å². The van der Waals surface area contributed by atoms with Gasteiger partial charge in [-0.3, -0.25) is 0 Å². The third-order valence-corrected chi connectivity index (χ3v) is 4.41. The average molecular weight is 372 g/mol. The van der Waals surface area contributed by atoms with E-state index in [4.69, 9.17) is 21.9 Å². The summed E-state index contributed by atoms with van der Waals surface area (Å²) in [5.74, 6) is 0.918. The van der Waals surface area contributed by atoms with Gasteiger partial charge in [0.05, 0.1) is 16.6 Å². The zero-order valence-corrected chi connectivity index (χ0v) is 13.8. The van der Waals surface area contributed by atoms with Gasteiger partial charge in [-0.2, -0.15) is 4.98 Å². The maximum Gasteiger partial charge on any atom is 0.259 e. The molecule has 1 atom stereocenters. The molecule has 0 aliphatic carbocycles. The highest BCUT2D eigenvalue weighted by Gasteiger charge is 2.21. The molecule has 3 rings (SSSR count). The number of rotatable bonds is 4. The van der Waals surface area contributed by atoms with Gasteiger partial charge in [0.2, 0.25) is 0 Å². The first-order chi connectivity index (χ1) is 10.1. The predicted molar refractivity (Wildman–Crippen MR) is 85.0 cm³/mol. The highest BCUT2D eigenvalue weighted by Crippen LogP contribution is 2.30. The quantitative estimate of drug-likeness (QED) is 0.893. The van der Waals surface area contributed by atoms with Gasteiger partial charge < -0.3 is 15.2 Å². The molecule has 0 spiro atoms. The highest BCUT2D eigenvalue weighted by molar-refractivity contribution is 9.10. The van der Waals surface area contributed by atoms with Gasteiger partial charge in [0.25, 0.3) is 5.89 Å². The van der Waals surface area contributed by atoms with Gasteiger partial charge in [-0.1, -0.05) is 32.7 Å². The van der Waals surface area contributed by atoms with Gasteiger partial charge in [-0.15, -0.1) is 0 Å². The van der Waals surface area contributed by atoms with Crippen molar-refractivity contribution in [3.63, 3.8) is 0 Å². The van der Waals surface area contributed by atoms with Crippen LogP contribution in [0.2, 0.25) is 5.02 Å². The molecule has 0 radical (unpaired) electrons. The minimum absolute atomic E-state index is 0.244. The fourth-order valence-corrected chi connectivity index (χ4v) is 3.04. The molecule has 2 N–H and O–H groups in total. The van der Waals surface area contributed by atoms with Crippen molar-refractivity contribution in [1.82, 2.24) is 15.0 Å². The minimum Gasteiger partial charge on any atom is -0.334 e. The Labute approximate surface area is 136 Å². The topological polar surface area (TPSA) is 68.2 Å². The van der Waals surface area contributed by atoms with Crippen LogP contribution < -0.4 is 5.73 Å². The van der Waals surface area contributed by atoms with Crippen molar-refractivity contribution in [3.8, 4) is 11.5 Å². The number of benzene rings is 1. The summed E-state index contributed by atoms with van der Waals surface area (Å²) in [5, 5.41) is 4.56. The van der Waals surface area contributed by atoms with Crippen LogP contribution in [-0.2, 0) is 0 Å². The summed E-state index contributed by atoms with van der Waals surface area (Å²) in [6.07, 6.45) is 2.47. The third kappa shape index (κ3) is 3.45. The molecule has 7 heteroatoms. The average Bonchev–Trinajstić information content (AvgIpc) is 3.12. The van der Waals surface area contributed by atoms with Crippen LogP contribution in [0.15, 0.2) is 27.2 Å². The Morgan fingerprint density at radius 3 is 2.90 bits per heavy atom. The Hall–Kier alpha value is -0.950. The predicted octanol–water partition coefficient (Wildman–Crippen LogP) is 3.25. The molecule has 112 valence electrons. The molecule has 5 nitrogen and oxygen atoms in total. The molecule has 0 amide bonds. The summed E-state index contributed by atoms with van der Waals surface area (Å²) in [6.45, 7) is 2.94. The fourth-order valence-electron chi connectivity index (χ4n) is 2.48. The van der Waals surface area contributed by atoms with Gasteiger partial charge in [0.15, 0.2) is 5.82 Å². The van der Waals surface area contributed by atoms with Crippen molar-refractivity contribution in [2.24, 2.45) is 5.73 Å². The van der Waals surface area contributed by atoms with Crippen LogP contribution >= 0.6 is 27.5 Å². The summed E-state index contributed by atoms with van der Waals surface area (Å²) in [6, 6.07) is 5.26. The second-order valence-corrected chi connectivity index (χ2v) is 6.52. The molecule has 1 aromatic carbocycles. The molecule has 1 aliphatic rings. The van der Waals surface area contributed by atoms with Crippen LogP contribution in [0, 0.1) is 0 Å². The van der Waals surface area contributed by atoms with Gasteiger partial charge in [-0.05, 0) is 44.1 Å². The maximum atomic E-state index is 6.17. The molecule has 1 unspecified atom stereocenters. The van der Waals surface area contributed by atoms with E-state index in [9.17, 15) is 0 Å². The molecular formula is C14H16BrClN4O. The lowest BCUT2D eigenvalue weighted by Crippen LogP contribution is -2.30. The standard InChI is InChI=1S/C14H16BrClN4O/c15-9-3-4-11(16)10(7-9)14-18-13(19-21-14)12(17)8-20-5-1-2-6-20/h3-4,7,12H,1-2,5-6,8,17H2. The third-order valence-electron chi connectivity index (χ3n) is 3.59. The summed E-state index contributed by atoms with van der Waals surface area (Å²) >= 11 is 9.58. The van der Waals surface area contributed by atoms with E-state index in [2.05, 4.69) is 31.0 Å². The second kappa shape index (κ2) is 6.44. The zero-order chi connectivity index (χ0) is 14.8. The largest absolute Gasteiger partial charge is 0.334 e. The Morgan fingerprint density at radius 2 is 2.14 bits per heavy atom. The Kier molecular flexibility index (Phi) is 4.59. The first-order valence-corrected chi connectivity index (χ1v) is 8.07. The lowest BCUT2D eigenvalue weighted by Gasteiger charge is -2.17. The van der Waals surface area contributed by atoms with E-state index >= 15 is 0 Å². The van der Waals surface area contributed by atoms with Gasteiger partial charge in [0, 0.05) is 11.0 Å². The number of halogens is 2. The smallest absolute Gasteiger partial charge is 0.259 e. The summed E-state index contributed by atoms with van der Waals surface area (Å²) in [4.78, 5) is 6.72. The lowest BCUT2D eigenvalue weighted by atomic mass is 10.2.